The molecule has 0 spiro atoms. The standard InChI is InChI=1S/C14H13NO5S/c1-6-7(2)21-13(10(6)14(19)20)15-12(18)11-8(16)4-3-5-9(11)17/h3-5,16-17H,1-2H3,(H,15,18)(H,19,20). The Morgan fingerprint density at radius 1 is 1.10 bits per heavy atom. The van der Waals surface area contributed by atoms with E-state index in [1.165, 1.54) is 18.2 Å². The minimum atomic E-state index is -1.14. The maximum absolute atomic E-state index is 12.1. The van der Waals surface area contributed by atoms with Gasteiger partial charge in [0.25, 0.3) is 5.91 Å². The number of hydrogen-bond acceptors (Lipinski definition) is 5. The summed E-state index contributed by atoms with van der Waals surface area (Å²) in [6.45, 7) is 3.40. The van der Waals surface area contributed by atoms with Crippen molar-refractivity contribution in [2.75, 3.05) is 5.32 Å². The quantitative estimate of drug-likeness (QED) is 0.697. The number of phenols is 2. The number of benzene rings is 1. The number of carboxylic acids is 1. The Labute approximate surface area is 124 Å². The van der Waals surface area contributed by atoms with Crippen molar-refractivity contribution in [3.05, 3.63) is 39.8 Å². The lowest BCUT2D eigenvalue weighted by Crippen LogP contribution is -2.14. The number of aromatic carboxylic acids is 1. The van der Waals surface area contributed by atoms with Crippen molar-refractivity contribution in [2.45, 2.75) is 13.8 Å². The molecule has 4 N–H and O–H groups in total. The minimum Gasteiger partial charge on any atom is -0.507 e. The van der Waals surface area contributed by atoms with E-state index in [0.717, 1.165) is 16.2 Å². The van der Waals surface area contributed by atoms with Crippen LogP contribution in [0.5, 0.6) is 11.5 Å². The molecule has 0 saturated carbocycles. The molecule has 1 aromatic heterocycles. The molecule has 7 heteroatoms. The van der Waals surface area contributed by atoms with Crippen LogP contribution in [0.2, 0.25) is 0 Å². The summed E-state index contributed by atoms with van der Waals surface area (Å²) in [7, 11) is 0. The van der Waals surface area contributed by atoms with E-state index in [0.29, 0.717) is 5.56 Å². The first kappa shape index (κ1) is 14.9. The molecule has 0 aliphatic carbocycles. The number of phenolic OH excluding ortho intramolecular Hbond substituents is 2. The number of carbonyl (C=O) groups excluding carboxylic acids is 1. The van der Waals surface area contributed by atoms with Crippen LogP contribution in [0.25, 0.3) is 0 Å². The van der Waals surface area contributed by atoms with E-state index >= 15 is 0 Å². The molecular weight excluding hydrogens is 294 g/mol. The molecule has 0 atom stereocenters. The maximum atomic E-state index is 12.1. The summed E-state index contributed by atoms with van der Waals surface area (Å²) in [6.07, 6.45) is 0. The Bertz CT molecular complexity index is 715. The van der Waals surface area contributed by atoms with Gasteiger partial charge in [0.15, 0.2) is 0 Å². The van der Waals surface area contributed by atoms with Crippen LogP contribution in [0.4, 0.5) is 5.00 Å². The zero-order valence-corrected chi connectivity index (χ0v) is 12.1. The van der Waals surface area contributed by atoms with Gasteiger partial charge in [-0.1, -0.05) is 6.07 Å². The summed E-state index contributed by atoms with van der Waals surface area (Å²) in [5, 5.41) is 31.1. The van der Waals surface area contributed by atoms with Crippen molar-refractivity contribution in [3.63, 3.8) is 0 Å². The van der Waals surface area contributed by atoms with Crippen molar-refractivity contribution in [1.29, 1.82) is 0 Å². The molecule has 0 fully saturated rings. The Kier molecular flexibility index (Phi) is 3.86. The Morgan fingerprint density at radius 2 is 1.67 bits per heavy atom. The smallest absolute Gasteiger partial charge is 0.338 e. The zero-order valence-electron chi connectivity index (χ0n) is 11.3. The molecule has 21 heavy (non-hydrogen) atoms. The van der Waals surface area contributed by atoms with Crippen molar-refractivity contribution in [3.8, 4) is 11.5 Å². The van der Waals surface area contributed by atoms with E-state index in [1.54, 1.807) is 13.8 Å². The zero-order chi connectivity index (χ0) is 15.7. The maximum Gasteiger partial charge on any atom is 0.338 e. The van der Waals surface area contributed by atoms with E-state index in [-0.39, 0.29) is 27.6 Å². The highest BCUT2D eigenvalue weighted by molar-refractivity contribution is 7.16. The molecule has 0 aliphatic heterocycles. The number of rotatable bonds is 3. The number of aromatic hydroxyl groups is 2. The van der Waals surface area contributed by atoms with Crippen LogP contribution in [0, 0.1) is 13.8 Å². The van der Waals surface area contributed by atoms with Gasteiger partial charge in [-0.25, -0.2) is 4.79 Å². The Morgan fingerprint density at radius 3 is 2.19 bits per heavy atom. The van der Waals surface area contributed by atoms with Gasteiger partial charge in [0.2, 0.25) is 0 Å². The number of aryl methyl sites for hydroxylation is 1. The number of carboxylic acid groups (broad SMARTS) is 1. The van der Waals surface area contributed by atoms with Gasteiger partial charge in [0, 0.05) is 4.88 Å². The van der Waals surface area contributed by atoms with Gasteiger partial charge in [0.05, 0.1) is 5.56 Å². The highest BCUT2D eigenvalue weighted by Gasteiger charge is 2.23. The molecule has 0 unspecified atom stereocenters. The molecule has 6 nitrogen and oxygen atoms in total. The van der Waals surface area contributed by atoms with Crippen LogP contribution in [0.3, 0.4) is 0 Å². The number of thiophene rings is 1. The summed E-state index contributed by atoms with van der Waals surface area (Å²) in [6, 6.07) is 3.92. The number of hydrogen-bond donors (Lipinski definition) is 4. The van der Waals surface area contributed by atoms with E-state index in [2.05, 4.69) is 5.32 Å². The predicted molar refractivity (Wildman–Crippen MR) is 78.5 cm³/mol. The van der Waals surface area contributed by atoms with Crippen molar-refractivity contribution >= 4 is 28.2 Å². The lowest BCUT2D eigenvalue weighted by Gasteiger charge is -2.08. The molecule has 2 aromatic rings. The van der Waals surface area contributed by atoms with E-state index < -0.39 is 11.9 Å². The van der Waals surface area contributed by atoms with Gasteiger partial charge in [-0.3, -0.25) is 4.79 Å². The molecule has 0 radical (unpaired) electrons. The third-order valence-electron chi connectivity index (χ3n) is 3.07. The van der Waals surface area contributed by atoms with Gasteiger partial charge in [-0.05, 0) is 31.5 Å². The molecule has 1 amide bonds. The highest BCUT2D eigenvalue weighted by Crippen LogP contribution is 2.34. The fraction of sp³-hybridized carbons (Fsp3) is 0.143. The van der Waals surface area contributed by atoms with Gasteiger partial charge in [-0.2, -0.15) is 0 Å². The first-order valence-corrected chi connectivity index (χ1v) is 6.80. The molecular formula is C14H13NO5S. The van der Waals surface area contributed by atoms with Crippen LogP contribution in [-0.2, 0) is 0 Å². The van der Waals surface area contributed by atoms with Gasteiger partial charge in [-0.15, -0.1) is 11.3 Å². The number of carbonyl (C=O) groups is 2. The van der Waals surface area contributed by atoms with Crippen molar-refractivity contribution in [2.24, 2.45) is 0 Å². The molecule has 0 aliphatic rings. The first-order chi connectivity index (χ1) is 9.82. The van der Waals surface area contributed by atoms with E-state index in [1.807, 2.05) is 0 Å². The second kappa shape index (κ2) is 5.45. The van der Waals surface area contributed by atoms with Crippen LogP contribution in [0.15, 0.2) is 18.2 Å². The molecule has 2 rings (SSSR count). The molecule has 1 aromatic carbocycles. The second-order valence-corrected chi connectivity index (χ2v) is 5.64. The third kappa shape index (κ3) is 2.68. The average molecular weight is 307 g/mol. The summed E-state index contributed by atoms with van der Waals surface area (Å²) < 4.78 is 0. The topological polar surface area (TPSA) is 107 Å². The fourth-order valence-electron chi connectivity index (χ4n) is 1.90. The van der Waals surface area contributed by atoms with E-state index in [4.69, 9.17) is 0 Å². The monoisotopic (exact) mass is 307 g/mol. The van der Waals surface area contributed by atoms with E-state index in [9.17, 15) is 24.9 Å². The number of nitrogens with one attached hydrogen (secondary N) is 1. The number of amides is 1. The van der Waals surface area contributed by atoms with Crippen molar-refractivity contribution < 1.29 is 24.9 Å². The molecule has 1 heterocycles. The molecule has 0 saturated heterocycles. The summed E-state index contributed by atoms with van der Waals surface area (Å²) >= 11 is 1.13. The highest BCUT2D eigenvalue weighted by atomic mass is 32.1. The largest absolute Gasteiger partial charge is 0.507 e. The summed E-state index contributed by atoms with van der Waals surface area (Å²) in [5.74, 6) is -2.67. The van der Waals surface area contributed by atoms with Gasteiger partial charge < -0.3 is 20.6 Å². The van der Waals surface area contributed by atoms with Gasteiger partial charge >= 0.3 is 5.97 Å². The molecule has 110 valence electrons. The van der Waals surface area contributed by atoms with Crippen LogP contribution in [0.1, 0.15) is 31.2 Å². The number of anilines is 1. The summed E-state index contributed by atoms with van der Waals surface area (Å²) in [4.78, 5) is 24.2. The average Bonchev–Trinajstić information content (AvgIpc) is 2.64. The lowest BCUT2D eigenvalue weighted by atomic mass is 10.1. The predicted octanol–water partition coefficient (Wildman–Crippen LogP) is 2.73. The van der Waals surface area contributed by atoms with Crippen LogP contribution >= 0.6 is 11.3 Å². The Balaban J connectivity index is 2.41. The SMILES string of the molecule is Cc1sc(NC(=O)c2c(O)cccc2O)c(C(=O)O)c1C. The fourth-order valence-corrected chi connectivity index (χ4v) is 2.95. The lowest BCUT2D eigenvalue weighted by molar-refractivity contribution is 0.0697. The second-order valence-electron chi connectivity index (χ2n) is 4.42. The normalized spacial score (nSPS) is 10.4. The third-order valence-corrected chi connectivity index (χ3v) is 4.20. The summed E-state index contributed by atoms with van der Waals surface area (Å²) in [5.41, 5.74) is 0.294. The first-order valence-electron chi connectivity index (χ1n) is 5.98. The van der Waals surface area contributed by atoms with Crippen LogP contribution in [-0.4, -0.2) is 27.2 Å². The van der Waals surface area contributed by atoms with Crippen molar-refractivity contribution in [1.82, 2.24) is 0 Å². The van der Waals surface area contributed by atoms with Gasteiger partial charge in [0.1, 0.15) is 22.1 Å². The van der Waals surface area contributed by atoms with Crippen LogP contribution < -0.4 is 5.32 Å². The molecule has 0 bridgehead atoms. The minimum absolute atomic E-state index is 0.0146. The Hall–Kier alpha value is -2.54.